The average Bonchev–Trinajstić information content (AvgIpc) is 2.39. The molecule has 1 unspecified atom stereocenters. The van der Waals surface area contributed by atoms with Crippen LogP contribution in [0.2, 0.25) is 0 Å². The number of anilines is 1. The lowest BCUT2D eigenvalue weighted by molar-refractivity contribution is 0.277. The quantitative estimate of drug-likeness (QED) is 0.893. The number of rotatable bonds is 4. The number of nitrogens with one attached hydrogen (secondary N) is 1. The van der Waals surface area contributed by atoms with Gasteiger partial charge in [-0.1, -0.05) is 0 Å². The Labute approximate surface area is 127 Å². The highest BCUT2D eigenvalue weighted by atomic mass is 79.9. The first kappa shape index (κ1) is 15.7. The third-order valence-electron chi connectivity index (χ3n) is 3.47. The van der Waals surface area contributed by atoms with Crippen LogP contribution in [-0.2, 0) is 10.0 Å². The molecule has 20 heavy (non-hydrogen) atoms. The van der Waals surface area contributed by atoms with Gasteiger partial charge >= 0.3 is 0 Å². The normalized spacial score (nSPS) is 20.9. The molecule has 1 saturated heterocycles. The Hall–Kier alpha value is -0.660. The maximum atomic E-state index is 13.4. The third-order valence-corrected chi connectivity index (χ3v) is 5.38. The molecule has 0 spiro atoms. The molecule has 0 radical (unpaired) electrons. The van der Waals surface area contributed by atoms with E-state index in [1.807, 2.05) is 0 Å². The van der Waals surface area contributed by atoms with Crippen molar-refractivity contribution >= 4 is 31.6 Å². The minimum absolute atomic E-state index is 0.255. The number of nitrogens with zero attached hydrogens (tertiary/aromatic N) is 1. The largest absolute Gasteiger partial charge is 0.385 e. The van der Waals surface area contributed by atoms with Crippen LogP contribution in [0.25, 0.3) is 0 Å². The summed E-state index contributed by atoms with van der Waals surface area (Å²) in [6, 6.07) is 4.88. The molecule has 1 aromatic rings. The highest BCUT2D eigenvalue weighted by Gasteiger charge is 2.25. The van der Waals surface area contributed by atoms with Crippen molar-refractivity contribution in [2.45, 2.75) is 12.8 Å². The van der Waals surface area contributed by atoms with Gasteiger partial charge in [-0.2, -0.15) is 0 Å². The number of hydrogen-bond acceptors (Lipinski definition) is 3. The molecule has 1 atom stereocenters. The smallest absolute Gasteiger partial charge is 0.211 e. The van der Waals surface area contributed by atoms with Crippen LogP contribution in [0.5, 0.6) is 0 Å². The predicted octanol–water partition coefficient (Wildman–Crippen LogP) is 2.67. The van der Waals surface area contributed by atoms with Crippen molar-refractivity contribution in [2.24, 2.45) is 5.92 Å². The third kappa shape index (κ3) is 4.17. The van der Waals surface area contributed by atoms with Crippen LogP contribution in [0.4, 0.5) is 10.1 Å². The van der Waals surface area contributed by atoms with E-state index in [4.69, 9.17) is 0 Å². The second kappa shape index (κ2) is 6.41. The van der Waals surface area contributed by atoms with E-state index in [1.54, 1.807) is 12.1 Å². The Morgan fingerprint density at radius 2 is 2.25 bits per heavy atom. The number of hydrogen-bond donors (Lipinski definition) is 1. The summed E-state index contributed by atoms with van der Waals surface area (Å²) in [6.07, 6.45) is 3.10. The van der Waals surface area contributed by atoms with Crippen molar-refractivity contribution in [3.63, 3.8) is 0 Å². The van der Waals surface area contributed by atoms with E-state index in [-0.39, 0.29) is 11.7 Å². The van der Waals surface area contributed by atoms with Gasteiger partial charge in [0.2, 0.25) is 10.0 Å². The lowest BCUT2D eigenvalue weighted by Crippen LogP contribution is -2.41. The maximum absolute atomic E-state index is 13.4. The summed E-state index contributed by atoms with van der Waals surface area (Å²) in [5, 5.41) is 3.17. The highest BCUT2D eigenvalue weighted by molar-refractivity contribution is 9.10. The molecular weight excluding hydrogens is 347 g/mol. The Kier molecular flexibility index (Phi) is 5.04. The van der Waals surface area contributed by atoms with E-state index in [1.165, 1.54) is 16.6 Å². The Balaban J connectivity index is 1.92. The highest BCUT2D eigenvalue weighted by Crippen LogP contribution is 2.22. The minimum Gasteiger partial charge on any atom is -0.385 e. The van der Waals surface area contributed by atoms with Gasteiger partial charge in [-0.15, -0.1) is 0 Å². The molecule has 7 heteroatoms. The van der Waals surface area contributed by atoms with Gasteiger partial charge in [-0.25, -0.2) is 17.1 Å². The van der Waals surface area contributed by atoms with Crippen molar-refractivity contribution in [1.29, 1.82) is 0 Å². The summed E-state index contributed by atoms with van der Waals surface area (Å²) in [5.74, 6) is -0.0541. The molecule has 1 fully saturated rings. The van der Waals surface area contributed by atoms with Crippen LogP contribution < -0.4 is 5.32 Å². The van der Waals surface area contributed by atoms with E-state index in [2.05, 4.69) is 21.2 Å². The molecule has 0 aliphatic carbocycles. The van der Waals surface area contributed by atoms with Crippen molar-refractivity contribution in [1.82, 2.24) is 4.31 Å². The van der Waals surface area contributed by atoms with Gasteiger partial charge in [0.1, 0.15) is 5.82 Å². The molecule has 1 N–H and O–H groups in total. The van der Waals surface area contributed by atoms with Crippen LogP contribution >= 0.6 is 15.9 Å². The van der Waals surface area contributed by atoms with Gasteiger partial charge in [0.05, 0.1) is 10.7 Å². The van der Waals surface area contributed by atoms with E-state index in [9.17, 15) is 12.8 Å². The van der Waals surface area contributed by atoms with E-state index < -0.39 is 10.0 Å². The fourth-order valence-corrected chi connectivity index (χ4v) is 3.55. The van der Waals surface area contributed by atoms with Crippen molar-refractivity contribution in [2.75, 3.05) is 31.2 Å². The summed E-state index contributed by atoms with van der Waals surface area (Å²) in [4.78, 5) is 0. The number of piperidine rings is 1. The molecule has 0 amide bonds. The molecular formula is C13H18BrFN2O2S. The molecule has 4 nitrogen and oxygen atoms in total. The van der Waals surface area contributed by atoms with E-state index in [0.717, 1.165) is 12.8 Å². The Morgan fingerprint density at radius 1 is 1.50 bits per heavy atom. The monoisotopic (exact) mass is 364 g/mol. The van der Waals surface area contributed by atoms with Crippen molar-refractivity contribution in [3.8, 4) is 0 Å². The second-order valence-electron chi connectivity index (χ2n) is 5.14. The SMILES string of the molecule is CS(=O)(=O)N1CCCC(CNc2ccc(Br)c(F)c2)C1. The Bertz CT molecular complexity index is 580. The standard InChI is InChI=1S/C13H18BrFN2O2S/c1-20(18,19)17-6-2-3-10(9-17)8-16-11-4-5-12(14)13(15)7-11/h4-5,7,10,16H,2-3,6,8-9H2,1H3. The summed E-state index contributed by atoms with van der Waals surface area (Å²) >= 11 is 3.11. The van der Waals surface area contributed by atoms with Crippen LogP contribution in [0.15, 0.2) is 22.7 Å². The van der Waals surface area contributed by atoms with Crippen LogP contribution in [-0.4, -0.2) is 38.6 Å². The van der Waals surface area contributed by atoms with Crippen molar-refractivity contribution in [3.05, 3.63) is 28.5 Å². The zero-order chi connectivity index (χ0) is 14.8. The minimum atomic E-state index is -3.11. The molecule has 1 heterocycles. The number of halogens is 2. The first-order valence-corrected chi connectivity index (χ1v) is 9.14. The fourth-order valence-electron chi connectivity index (χ4n) is 2.36. The topological polar surface area (TPSA) is 49.4 Å². The summed E-state index contributed by atoms with van der Waals surface area (Å²) in [7, 11) is -3.11. The lowest BCUT2D eigenvalue weighted by Gasteiger charge is -2.31. The van der Waals surface area contributed by atoms with Gasteiger partial charge in [0.25, 0.3) is 0 Å². The second-order valence-corrected chi connectivity index (χ2v) is 7.98. The molecule has 0 aromatic heterocycles. The molecule has 112 valence electrons. The zero-order valence-corrected chi connectivity index (χ0v) is 13.7. The molecule has 1 aromatic carbocycles. The summed E-state index contributed by atoms with van der Waals surface area (Å²) < 4.78 is 38.4. The van der Waals surface area contributed by atoms with Crippen molar-refractivity contribution < 1.29 is 12.8 Å². The molecule has 1 aliphatic rings. The first-order chi connectivity index (χ1) is 9.36. The maximum Gasteiger partial charge on any atom is 0.211 e. The fraction of sp³-hybridized carbons (Fsp3) is 0.538. The molecule has 0 saturated carbocycles. The van der Waals surface area contributed by atoms with E-state index >= 15 is 0 Å². The zero-order valence-electron chi connectivity index (χ0n) is 11.3. The van der Waals surface area contributed by atoms with Crippen LogP contribution in [0, 0.1) is 11.7 Å². The van der Waals surface area contributed by atoms with Crippen LogP contribution in [0.1, 0.15) is 12.8 Å². The number of sulfonamides is 1. The lowest BCUT2D eigenvalue weighted by atomic mass is 9.99. The predicted molar refractivity (Wildman–Crippen MR) is 81.7 cm³/mol. The van der Waals surface area contributed by atoms with Gasteiger partial charge in [0.15, 0.2) is 0 Å². The van der Waals surface area contributed by atoms with Crippen LogP contribution in [0.3, 0.4) is 0 Å². The molecule has 0 bridgehead atoms. The van der Waals surface area contributed by atoms with E-state index in [0.29, 0.717) is 29.8 Å². The van der Waals surface area contributed by atoms with Gasteiger partial charge < -0.3 is 5.32 Å². The number of benzene rings is 1. The van der Waals surface area contributed by atoms with Gasteiger partial charge in [-0.3, -0.25) is 0 Å². The van der Waals surface area contributed by atoms with Gasteiger partial charge in [0, 0.05) is 25.3 Å². The average molecular weight is 365 g/mol. The first-order valence-electron chi connectivity index (χ1n) is 6.50. The Morgan fingerprint density at radius 3 is 2.90 bits per heavy atom. The summed E-state index contributed by atoms with van der Waals surface area (Å²) in [6.45, 7) is 1.78. The molecule has 1 aliphatic heterocycles. The van der Waals surface area contributed by atoms with Gasteiger partial charge in [-0.05, 0) is 52.9 Å². The summed E-state index contributed by atoms with van der Waals surface area (Å²) in [5.41, 5.74) is 0.710. The molecule has 2 rings (SSSR count).